The van der Waals surface area contributed by atoms with Crippen LogP contribution in [0.2, 0.25) is 0 Å². The Labute approximate surface area is 124 Å². The Hall–Kier alpha value is -2.27. The number of nitrogens with zero attached hydrogens (tertiary/aromatic N) is 2. The molecule has 0 bridgehead atoms. The maximum atomic E-state index is 8.85. The number of benzene rings is 1. The Morgan fingerprint density at radius 1 is 1.38 bits per heavy atom. The Morgan fingerprint density at radius 2 is 2.14 bits per heavy atom. The fraction of sp³-hybridized carbons (Fsp3) is 0.312. The van der Waals surface area contributed by atoms with Crippen molar-refractivity contribution in [3.05, 3.63) is 47.8 Å². The maximum absolute atomic E-state index is 8.85. The van der Waals surface area contributed by atoms with Crippen LogP contribution in [0.3, 0.4) is 0 Å². The predicted octanol–water partition coefficient (Wildman–Crippen LogP) is 2.40. The van der Waals surface area contributed by atoms with Gasteiger partial charge >= 0.3 is 0 Å². The van der Waals surface area contributed by atoms with Crippen molar-refractivity contribution in [1.82, 2.24) is 9.78 Å². The van der Waals surface area contributed by atoms with Crippen LogP contribution in [0.25, 0.3) is 6.08 Å². The summed E-state index contributed by atoms with van der Waals surface area (Å²) in [7, 11) is 1.66. The molecule has 0 aliphatic heterocycles. The summed E-state index contributed by atoms with van der Waals surface area (Å²) in [5, 5.41) is 16.3. The highest BCUT2D eigenvalue weighted by Gasteiger charge is 1.98. The van der Waals surface area contributed by atoms with Crippen LogP contribution in [0, 0.1) is 0 Å². The van der Waals surface area contributed by atoms with E-state index >= 15 is 0 Å². The molecule has 2 N–H and O–H groups in total. The van der Waals surface area contributed by atoms with Gasteiger partial charge < -0.3 is 15.2 Å². The number of hydrogen-bond acceptors (Lipinski definition) is 4. The molecule has 21 heavy (non-hydrogen) atoms. The van der Waals surface area contributed by atoms with Crippen LogP contribution in [0.4, 0.5) is 5.69 Å². The van der Waals surface area contributed by atoms with Gasteiger partial charge in [-0.2, -0.15) is 5.10 Å². The van der Waals surface area contributed by atoms with E-state index in [9.17, 15) is 0 Å². The smallest absolute Gasteiger partial charge is 0.118 e. The Morgan fingerprint density at radius 3 is 2.81 bits per heavy atom. The molecule has 2 aromatic rings. The van der Waals surface area contributed by atoms with Crippen LogP contribution in [-0.4, -0.2) is 35.1 Å². The van der Waals surface area contributed by atoms with E-state index in [1.54, 1.807) is 18.0 Å². The van der Waals surface area contributed by atoms with Gasteiger partial charge in [0.25, 0.3) is 0 Å². The molecule has 5 heteroatoms. The number of rotatable bonds is 7. The number of anilines is 1. The average molecular weight is 287 g/mol. The van der Waals surface area contributed by atoms with Gasteiger partial charge in [0.1, 0.15) is 5.75 Å². The third-order valence-electron chi connectivity index (χ3n) is 3.06. The van der Waals surface area contributed by atoms with Gasteiger partial charge in [0.15, 0.2) is 0 Å². The van der Waals surface area contributed by atoms with Crippen molar-refractivity contribution in [1.29, 1.82) is 0 Å². The van der Waals surface area contributed by atoms with Crippen molar-refractivity contribution in [2.24, 2.45) is 0 Å². The minimum absolute atomic E-state index is 0.0948. The third-order valence-corrected chi connectivity index (χ3v) is 3.06. The molecule has 0 amide bonds. The quantitative estimate of drug-likeness (QED) is 0.821. The molecule has 112 valence electrons. The van der Waals surface area contributed by atoms with E-state index in [2.05, 4.69) is 23.4 Å². The number of methoxy groups -OCH3 is 1. The van der Waals surface area contributed by atoms with E-state index in [1.807, 2.05) is 30.5 Å². The second kappa shape index (κ2) is 7.50. The fourth-order valence-electron chi connectivity index (χ4n) is 1.96. The van der Waals surface area contributed by atoms with E-state index in [4.69, 9.17) is 9.84 Å². The normalized spacial score (nSPS) is 11.5. The minimum atomic E-state index is 0.0948. The van der Waals surface area contributed by atoms with Crippen molar-refractivity contribution in [3.8, 4) is 5.75 Å². The van der Waals surface area contributed by atoms with Crippen molar-refractivity contribution in [2.75, 3.05) is 25.6 Å². The van der Waals surface area contributed by atoms with E-state index in [1.165, 1.54) is 5.57 Å². The van der Waals surface area contributed by atoms with E-state index in [0.29, 0.717) is 6.54 Å². The van der Waals surface area contributed by atoms with E-state index in [0.717, 1.165) is 23.5 Å². The summed E-state index contributed by atoms with van der Waals surface area (Å²) < 4.78 is 6.85. The average Bonchev–Trinajstić information content (AvgIpc) is 2.94. The lowest BCUT2D eigenvalue weighted by molar-refractivity contribution is 0.269. The highest BCUT2D eigenvalue weighted by atomic mass is 16.5. The fourth-order valence-corrected chi connectivity index (χ4v) is 1.96. The first-order chi connectivity index (χ1) is 10.2. The monoisotopic (exact) mass is 287 g/mol. The van der Waals surface area contributed by atoms with Crippen LogP contribution < -0.4 is 10.1 Å². The van der Waals surface area contributed by atoms with Crippen LogP contribution in [0.5, 0.6) is 5.75 Å². The molecule has 1 aromatic carbocycles. The van der Waals surface area contributed by atoms with E-state index < -0.39 is 0 Å². The van der Waals surface area contributed by atoms with Crippen molar-refractivity contribution in [2.45, 2.75) is 13.5 Å². The molecule has 0 saturated heterocycles. The van der Waals surface area contributed by atoms with Gasteiger partial charge in [-0.15, -0.1) is 0 Å². The summed E-state index contributed by atoms with van der Waals surface area (Å²) in [5.41, 5.74) is 3.31. The summed E-state index contributed by atoms with van der Waals surface area (Å²) in [6.45, 7) is 3.44. The molecule has 0 radical (unpaired) electrons. The van der Waals surface area contributed by atoms with Crippen LogP contribution >= 0.6 is 0 Å². The molecule has 0 fully saturated rings. The zero-order valence-electron chi connectivity index (χ0n) is 12.4. The maximum Gasteiger partial charge on any atom is 0.118 e. The van der Waals surface area contributed by atoms with Crippen molar-refractivity contribution in [3.63, 3.8) is 0 Å². The minimum Gasteiger partial charge on any atom is -0.497 e. The van der Waals surface area contributed by atoms with Crippen LogP contribution in [0.1, 0.15) is 12.5 Å². The van der Waals surface area contributed by atoms with Gasteiger partial charge in [0, 0.05) is 12.7 Å². The number of aliphatic hydroxyl groups excluding tert-OH is 1. The molecule has 1 aromatic heterocycles. The summed E-state index contributed by atoms with van der Waals surface area (Å²) in [6.07, 6.45) is 5.78. The topological polar surface area (TPSA) is 59.3 Å². The lowest BCUT2D eigenvalue weighted by Gasteiger charge is -2.05. The summed E-state index contributed by atoms with van der Waals surface area (Å²) >= 11 is 0. The lowest BCUT2D eigenvalue weighted by Crippen LogP contribution is -2.03. The standard InChI is InChI=1S/C16H21N3O2/c1-13(9-14-3-5-16(21-2)6-4-14)10-17-15-11-18-19(12-15)7-8-20/h3-6,9,11-12,17,20H,7-8,10H2,1-2H3/b13-9-. The molecule has 0 spiro atoms. The Balaban J connectivity index is 1.90. The van der Waals surface area contributed by atoms with Crippen molar-refractivity contribution < 1.29 is 9.84 Å². The van der Waals surface area contributed by atoms with Gasteiger partial charge in [-0.05, 0) is 24.6 Å². The van der Waals surface area contributed by atoms with Crippen LogP contribution in [0.15, 0.2) is 42.2 Å². The third kappa shape index (κ3) is 4.65. The molecular formula is C16H21N3O2. The molecule has 0 unspecified atom stereocenters. The summed E-state index contributed by atoms with van der Waals surface area (Å²) in [6, 6.07) is 7.96. The number of hydrogen-bond donors (Lipinski definition) is 2. The predicted molar refractivity (Wildman–Crippen MR) is 84.4 cm³/mol. The molecule has 0 atom stereocenters. The molecule has 0 aliphatic rings. The first-order valence-electron chi connectivity index (χ1n) is 6.89. The highest BCUT2D eigenvalue weighted by Crippen LogP contribution is 2.14. The van der Waals surface area contributed by atoms with Gasteiger partial charge in [-0.25, -0.2) is 0 Å². The van der Waals surface area contributed by atoms with Gasteiger partial charge in [-0.1, -0.05) is 23.8 Å². The zero-order chi connectivity index (χ0) is 15.1. The van der Waals surface area contributed by atoms with E-state index in [-0.39, 0.29) is 6.61 Å². The Kier molecular flexibility index (Phi) is 5.40. The second-order valence-electron chi connectivity index (χ2n) is 4.83. The first kappa shape index (κ1) is 15.1. The van der Waals surface area contributed by atoms with Gasteiger partial charge in [-0.3, -0.25) is 4.68 Å². The van der Waals surface area contributed by atoms with Crippen LogP contribution in [-0.2, 0) is 6.54 Å². The van der Waals surface area contributed by atoms with Gasteiger partial charge in [0.05, 0.1) is 32.1 Å². The summed E-state index contributed by atoms with van der Waals surface area (Å²) in [4.78, 5) is 0. The molecule has 1 heterocycles. The van der Waals surface area contributed by atoms with Gasteiger partial charge in [0.2, 0.25) is 0 Å². The lowest BCUT2D eigenvalue weighted by atomic mass is 10.1. The molecule has 0 saturated carbocycles. The second-order valence-corrected chi connectivity index (χ2v) is 4.83. The number of aromatic nitrogens is 2. The number of ether oxygens (including phenoxy) is 1. The number of aliphatic hydroxyl groups is 1. The molecule has 0 aliphatic carbocycles. The highest BCUT2D eigenvalue weighted by molar-refractivity contribution is 5.55. The molecule has 5 nitrogen and oxygen atoms in total. The molecular weight excluding hydrogens is 266 g/mol. The molecule has 2 rings (SSSR count). The summed E-state index contributed by atoms with van der Waals surface area (Å²) in [5.74, 6) is 0.860. The largest absolute Gasteiger partial charge is 0.497 e. The van der Waals surface area contributed by atoms with Crippen molar-refractivity contribution >= 4 is 11.8 Å². The first-order valence-corrected chi connectivity index (χ1v) is 6.89. The SMILES string of the molecule is COc1ccc(/C=C(/C)CNc2cnn(CCO)c2)cc1. The number of nitrogens with one attached hydrogen (secondary N) is 1. The zero-order valence-corrected chi connectivity index (χ0v) is 12.4. The Bertz CT molecular complexity index is 588.